The number of unbranched alkanes of at least 4 members (excludes halogenated alkanes) is 2. The summed E-state index contributed by atoms with van der Waals surface area (Å²) in [5.74, 6) is -0.931. The lowest BCUT2D eigenvalue weighted by molar-refractivity contribution is -0.137. The molecule has 0 saturated carbocycles. The van der Waals surface area contributed by atoms with E-state index in [1.54, 1.807) is 29.2 Å². The Hall–Kier alpha value is -1.08. The van der Waals surface area contributed by atoms with E-state index in [1.165, 1.54) is 11.8 Å². The Labute approximate surface area is 159 Å². The van der Waals surface area contributed by atoms with Crippen LogP contribution in [0.25, 0.3) is 6.08 Å². The first kappa shape index (κ1) is 19.2. The number of hydrogen-bond donors (Lipinski definition) is 1. The van der Waals surface area contributed by atoms with Gasteiger partial charge in [-0.05, 0) is 36.6 Å². The van der Waals surface area contributed by atoms with E-state index >= 15 is 0 Å². The molecular formula is C16H15Cl2NO3S2. The number of carbonyl (C=O) groups excluding carboxylic acids is 1. The van der Waals surface area contributed by atoms with Gasteiger partial charge >= 0.3 is 5.97 Å². The third kappa shape index (κ3) is 5.21. The van der Waals surface area contributed by atoms with Crippen molar-refractivity contribution in [1.82, 2.24) is 4.90 Å². The molecule has 24 heavy (non-hydrogen) atoms. The van der Waals surface area contributed by atoms with Crippen LogP contribution in [0.4, 0.5) is 0 Å². The van der Waals surface area contributed by atoms with Crippen molar-refractivity contribution in [1.29, 1.82) is 0 Å². The molecule has 1 aliphatic rings. The zero-order valence-corrected chi connectivity index (χ0v) is 15.8. The molecule has 0 spiro atoms. The summed E-state index contributed by atoms with van der Waals surface area (Å²) in [6, 6.07) is 5.16. The van der Waals surface area contributed by atoms with Gasteiger partial charge in [0.25, 0.3) is 5.91 Å². The fourth-order valence-electron chi connectivity index (χ4n) is 2.17. The van der Waals surface area contributed by atoms with E-state index in [4.69, 9.17) is 40.5 Å². The van der Waals surface area contributed by atoms with E-state index < -0.39 is 5.97 Å². The second kappa shape index (κ2) is 8.85. The van der Waals surface area contributed by atoms with Crippen molar-refractivity contribution in [2.24, 2.45) is 0 Å². The maximum absolute atomic E-state index is 12.4. The number of halogens is 2. The minimum absolute atomic E-state index is 0.130. The first-order valence-electron chi connectivity index (χ1n) is 7.30. The van der Waals surface area contributed by atoms with Gasteiger partial charge in [-0.25, -0.2) is 0 Å². The van der Waals surface area contributed by atoms with E-state index in [1.807, 2.05) is 0 Å². The number of hydrogen-bond acceptors (Lipinski definition) is 4. The summed E-state index contributed by atoms with van der Waals surface area (Å²) in [7, 11) is 0. The molecule has 1 aliphatic heterocycles. The topological polar surface area (TPSA) is 57.6 Å². The normalized spacial score (nSPS) is 16.2. The van der Waals surface area contributed by atoms with Gasteiger partial charge in [0.05, 0.1) is 15.0 Å². The lowest BCUT2D eigenvalue weighted by atomic mass is 10.2. The number of rotatable bonds is 7. The minimum Gasteiger partial charge on any atom is -0.481 e. The zero-order valence-electron chi connectivity index (χ0n) is 12.6. The first-order valence-corrected chi connectivity index (χ1v) is 9.29. The Morgan fingerprint density at radius 1 is 1.25 bits per heavy atom. The monoisotopic (exact) mass is 403 g/mol. The van der Waals surface area contributed by atoms with Crippen LogP contribution in [0.1, 0.15) is 31.2 Å². The Morgan fingerprint density at radius 2 is 2.00 bits per heavy atom. The van der Waals surface area contributed by atoms with Crippen LogP contribution < -0.4 is 0 Å². The summed E-state index contributed by atoms with van der Waals surface area (Å²) >= 11 is 18.4. The highest BCUT2D eigenvalue weighted by atomic mass is 35.5. The number of thiocarbonyl (C=S) groups is 1. The third-order valence-corrected chi connectivity index (χ3v) is 5.50. The van der Waals surface area contributed by atoms with Crippen LogP contribution in [0.2, 0.25) is 10.0 Å². The van der Waals surface area contributed by atoms with Crippen LogP contribution in [0.3, 0.4) is 0 Å². The molecule has 2 rings (SSSR count). The van der Waals surface area contributed by atoms with Gasteiger partial charge in [0, 0.05) is 13.0 Å². The maximum atomic E-state index is 12.4. The molecule has 1 N–H and O–H groups in total. The average Bonchev–Trinajstić information content (AvgIpc) is 2.77. The van der Waals surface area contributed by atoms with Crippen LogP contribution in [0.15, 0.2) is 23.1 Å². The lowest BCUT2D eigenvalue weighted by Gasteiger charge is -2.13. The smallest absolute Gasteiger partial charge is 0.303 e. The van der Waals surface area contributed by atoms with Crippen molar-refractivity contribution < 1.29 is 14.7 Å². The number of carboxylic acid groups (broad SMARTS) is 1. The molecule has 0 aliphatic carbocycles. The quantitative estimate of drug-likeness (QED) is 0.400. The molecule has 0 bridgehead atoms. The summed E-state index contributed by atoms with van der Waals surface area (Å²) in [5.41, 5.74) is 0.784. The van der Waals surface area contributed by atoms with Gasteiger partial charge in [0.2, 0.25) is 0 Å². The molecule has 1 amide bonds. The molecule has 128 valence electrons. The summed E-state index contributed by atoms with van der Waals surface area (Å²) < 4.78 is 0.518. The molecule has 1 fully saturated rings. The predicted molar refractivity (Wildman–Crippen MR) is 102 cm³/mol. The van der Waals surface area contributed by atoms with E-state index in [2.05, 4.69) is 0 Å². The fourth-order valence-corrected chi connectivity index (χ4v) is 3.78. The number of amides is 1. The van der Waals surface area contributed by atoms with Crippen molar-refractivity contribution in [3.05, 3.63) is 38.7 Å². The van der Waals surface area contributed by atoms with E-state index in [-0.39, 0.29) is 12.3 Å². The van der Waals surface area contributed by atoms with Crippen LogP contribution in [-0.2, 0) is 9.59 Å². The van der Waals surface area contributed by atoms with Gasteiger partial charge in [0.15, 0.2) is 0 Å². The second-order valence-corrected chi connectivity index (χ2v) is 7.70. The van der Waals surface area contributed by atoms with Crippen molar-refractivity contribution >= 4 is 69.5 Å². The number of nitrogens with zero attached hydrogens (tertiary/aromatic N) is 1. The van der Waals surface area contributed by atoms with Gasteiger partial charge in [-0.2, -0.15) is 0 Å². The molecule has 8 heteroatoms. The van der Waals surface area contributed by atoms with Crippen LogP contribution >= 0.6 is 47.2 Å². The molecule has 1 saturated heterocycles. The predicted octanol–water partition coefficient (Wildman–Crippen LogP) is 4.84. The molecular weight excluding hydrogens is 389 g/mol. The number of benzene rings is 1. The highest BCUT2D eigenvalue weighted by molar-refractivity contribution is 8.26. The minimum atomic E-state index is -0.801. The average molecular weight is 404 g/mol. The second-order valence-electron chi connectivity index (χ2n) is 5.21. The highest BCUT2D eigenvalue weighted by Gasteiger charge is 2.31. The van der Waals surface area contributed by atoms with Crippen molar-refractivity contribution in [2.45, 2.75) is 25.7 Å². The summed E-state index contributed by atoms with van der Waals surface area (Å²) in [4.78, 5) is 25.0. The van der Waals surface area contributed by atoms with Gasteiger partial charge < -0.3 is 5.11 Å². The Bertz CT molecular complexity index is 707. The molecule has 1 heterocycles. The van der Waals surface area contributed by atoms with Crippen molar-refractivity contribution in [3.8, 4) is 0 Å². The first-order chi connectivity index (χ1) is 11.4. The fraction of sp³-hybridized carbons (Fsp3) is 0.312. The van der Waals surface area contributed by atoms with Crippen LogP contribution in [0, 0.1) is 0 Å². The molecule has 4 nitrogen and oxygen atoms in total. The maximum Gasteiger partial charge on any atom is 0.303 e. The van der Waals surface area contributed by atoms with Crippen LogP contribution in [-0.4, -0.2) is 32.7 Å². The molecule has 0 atom stereocenters. The number of carbonyl (C=O) groups is 2. The van der Waals surface area contributed by atoms with E-state index in [9.17, 15) is 9.59 Å². The zero-order chi connectivity index (χ0) is 17.7. The number of thioether (sulfide) groups is 1. The molecule has 1 aromatic rings. The van der Waals surface area contributed by atoms with Gasteiger partial charge in [-0.1, -0.05) is 59.7 Å². The summed E-state index contributed by atoms with van der Waals surface area (Å²) in [5, 5.41) is 9.50. The van der Waals surface area contributed by atoms with E-state index in [0.717, 1.165) is 18.4 Å². The van der Waals surface area contributed by atoms with Gasteiger partial charge in [-0.15, -0.1) is 0 Å². The Morgan fingerprint density at radius 3 is 2.67 bits per heavy atom. The molecule has 0 radical (unpaired) electrons. The van der Waals surface area contributed by atoms with Gasteiger partial charge in [-0.3, -0.25) is 14.5 Å². The molecule has 0 unspecified atom stereocenters. The summed E-state index contributed by atoms with van der Waals surface area (Å²) in [6.07, 6.45) is 3.96. The SMILES string of the molecule is O=C(O)CCCCCN1C(=O)/C(=C/c2ccc(Cl)c(Cl)c2)SC1=S. The van der Waals surface area contributed by atoms with Gasteiger partial charge in [0.1, 0.15) is 4.32 Å². The van der Waals surface area contributed by atoms with Crippen molar-refractivity contribution in [3.63, 3.8) is 0 Å². The third-order valence-electron chi connectivity index (χ3n) is 3.39. The highest BCUT2D eigenvalue weighted by Crippen LogP contribution is 2.33. The molecule has 0 aromatic heterocycles. The standard InChI is InChI=1S/C16H15Cl2NO3S2/c17-11-6-5-10(8-12(11)18)9-13-15(22)19(16(23)24-13)7-3-1-2-4-14(20)21/h5-6,8-9H,1-4,7H2,(H,20,21)/b13-9-. The lowest BCUT2D eigenvalue weighted by Crippen LogP contribution is -2.29. The number of aliphatic carboxylic acids is 1. The van der Waals surface area contributed by atoms with Crippen LogP contribution in [0.5, 0.6) is 0 Å². The molecule has 1 aromatic carbocycles. The Balaban J connectivity index is 1.96. The largest absolute Gasteiger partial charge is 0.481 e. The number of carboxylic acids is 1. The summed E-state index contributed by atoms with van der Waals surface area (Å²) in [6.45, 7) is 0.503. The van der Waals surface area contributed by atoms with Crippen molar-refractivity contribution in [2.75, 3.05) is 6.54 Å². The Kier molecular flexibility index (Phi) is 7.10. The van der Waals surface area contributed by atoms with E-state index in [0.29, 0.717) is 32.2 Å².